The van der Waals surface area contributed by atoms with Crippen molar-refractivity contribution in [3.05, 3.63) is 107 Å². The highest BCUT2D eigenvalue weighted by Crippen LogP contribution is 2.30. The van der Waals surface area contributed by atoms with E-state index in [0.29, 0.717) is 13.2 Å². The highest BCUT2D eigenvalue weighted by atomic mass is 35.5. The molecule has 0 amide bonds. The van der Waals surface area contributed by atoms with Crippen molar-refractivity contribution in [3.8, 4) is 5.75 Å². The molecule has 0 aliphatic carbocycles. The van der Waals surface area contributed by atoms with E-state index in [0.717, 1.165) is 33.1 Å². The number of fused-ring (bicyclic) bond motifs is 1. The van der Waals surface area contributed by atoms with Crippen molar-refractivity contribution < 1.29 is 4.74 Å². The van der Waals surface area contributed by atoms with Gasteiger partial charge in [-0.25, -0.2) is 0 Å². The predicted octanol–water partition coefficient (Wildman–Crippen LogP) is 6.99. The van der Waals surface area contributed by atoms with E-state index in [1.165, 1.54) is 10.8 Å². The Bertz CT molecular complexity index is 1090. The van der Waals surface area contributed by atoms with Gasteiger partial charge in [-0.05, 0) is 47.0 Å². The number of aryl methyl sites for hydroxylation is 1. The normalized spacial score (nSPS) is 10.8. The van der Waals surface area contributed by atoms with Gasteiger partial charge in [-0.1, -0.05) is 78.3 Å². The fourth-order valence-corrected chi connectivity index (χ4v) is 3.51. The molecular weight excluding hydrogens is 366 g/mol. The maximum atomic E-state index is 6.21. The molecule has 3 heteroatoms. The van der Waals surface area contributed by atoms with Gasteiger partial charge < -0.3 is 10.1 Å². The first-order valence-electron chi connectivity index (χ1n) is 9.38. The molecule has 0 aromatic heterocycles. The minimum Gasteiger partial charge on any atom is -0.489 e. The van der Waals surface area contributed by atoms with E-state index in [-0.39, 0.29) is 0 Å². The van der Waals surface area contributed by atoms with Crippen molar-refractivity contribution in [2.45, 2.75) is 20.1 Å². The van der Waals surface area contributed by atoms with Gasteiger partial charge in [-0.15, -0.1) is 0 Å². The van der Waals surface area contributed by atoms with Crippen molar-refractivity contribution in [1.82, 2.24) is 0 Å². The van der Waals surface area contributed by atoms with E-state index >= 15 is 0 Å². The maximum absolute atomic E-state index is 6.21. The number of rotatable bonds is 6. The minimum atomic E-state index is 0.544. The van der Waals surface area contributed by atoms with E-state index in [1.807, 2.05) is 36.4 Å². The van der Waals surface area contributed by atoms with Gasteiger partial charge in [0.15, 0.2) is 0 Å². The lowest BCUT2D eigenvalue weighted by atomic mass is 10.0. The fraction of sp³-hybridized carbons (Fsp3) is 0.120. The second kappa shape index (κ2) is 8.37. The molecule has 0 unspecified atom stereocenters. The van der Waals surface area contributed by atoms with Crippen LogP contribution >= 0.6 is 11.6 Å². The van der Waals surface area contributed by atoms with Gasteiger partial charge in [0.05, 0.1) is 0 Å². The maximum Gasteiger partial charge on any atom is 0.125 e. The first kappa shape index (κ1) is 18.4. The van der Waals surface area contributed by atoms with Crippen LogP contribution in [0.5, 0.6) is 5.75 Å². The summed E-state index contributed by atoms with van der Waals surface area (Å²) in [5.41, 5.74) is 4.50. The van der Waals surface area contributed by atoms with Crippen LogP contribution in [0, 0.1) is 6.92 Å². The zero-order chi connectivity index (χ0) is 19.3. The summed E-state index contributed by atoms with van der Waals surface area (Å²) in [6, 6.07) is 28.7. The molecule has 1 N–H and O–H groups in total. The molecule has 0 heterocycles. The van der Waals surface area contributed by atoms with E-state index in [4.69, 9.17) is 16.3 Å². The molecule has 0 radical (unpaired) electrons. The molecule has 0 aliphatic rings. The van der Waals surface area contributed by atoms with Crippen molar-refractivity contribution in [1.29, 1.82) is 0 Å². The zero-order valence-corrected chi connectivity index (χ0v) is 16.5. The Labute approximate surface area is 170 Å². The van der Waals surface area contributed by atoms with E-state index in [9.17, 15) is 0 Å². The van der Waals surface area contributed by atoms with Gasteiger partial charge in [0.25, 0.3) is 0 Å². The summed E-state index contributed by atoms with van der Waals surface area (Å²) in [7, 11) is 0. The molecule has 0 aliphatic heterocycles. The molecule has 140 valence electrons. The SMILES string of the molecule is Cc1ccc(Cl)cc1NCc1c(OCc2ccccc2)ccc2ccccc12. The lowest BCUT2D eigenvalue weighted by Gasteiger charge is -2.17. The molecule has 2 nitrogen and oxygen atoms in total. The lowest BCUT2D eigenvalue weighted by molar-refractivity contribution is 0.304. The first-order chi connectivity index (χ1) is 13.7. The molecule has 0 saturated heterocycles. The van der Waals surface area contributed by atoms with E-state index < -0.39 is 0 Å². The third-order valence-corrected chi connectivity index (χ3v) is 5.13. The number of hydrogen-bond donors (Lipinski definition) is 1. The molecule has 4 rings (SSSR count). The van der Waals surface area contributed by atoms with Crippen molar-refractivity contribution in [3.63, 3.8) is 0 Å². The van der Waals surface area contributed by atoms with Gasteiger partial charge >= 0.3 is 0 Å². The van der Waals surface area contributed by atoms with Crippen molar-refractivity contribution in [2.24, 2.45) is 0 Å². The Balaban J connectivity index is 1.64. The fourth-order valence-electron chi connectivity index (χ4n) is 3.34. The van der Waals surface area contributed by atoms with Crippen LogP contribution in [0.25, 0.3) is 10.8 Å². The van der Waals surface area contributed by atoms with Crippen LogP contribution in [0.3, 0.4) is 0 Å². The quantitative estimate of drug-likeness (QED) is 0.384. The van der Waals surface area contributed by atoms with Crippen molar-refractivity contribution >= 4 is 28.1 Å². The standard InChI is InChI=1S/C25H22ClNO/c1-18-11-13-21(26)15-24(18)27-16-23-22-10-6-5-9-20(22)12-14-25(23)28-17-19-7-3-2-4-8-19/h2-15,27H,16-17H2,1H3. The first-order valence-corrected chi connectivity index (χ1v) is 9.76. The highest BCUT2D eigenvalue weighted by Gasteiger charge is 2.10. The molecule has 28 heavy (non-hydrogen) atoms. The molecule has 0 fully saturated rings. The van der Waals surface area contributed by atoms with Crippen LogP contribution in [0.4, 0.5) is 5.69 Å². The monoisotopic (exact) mass is 387 g/mol. The summed E-state index contributed by atoms with van der Waals surface area (Å²) in [6.45, 7) is 3.28. The van der Waals surface area contributed by atoms with Crippen LogP contribution in [-0.4, -0.2) is 0 Å². The van der Waals surface area contributed by atoms with Crippen LogP contribution < -0.4 is 10.1 Å². The van der Waals surface area contributed by atoms with Crippen LogP contribution in [-0.2, 0) is 13.2 Å². The average Bonchev–Trinajstić information content (AvgIpc) is 2.74. The van der Waals surface area contributed by atoms with Crippen LogP contribution in [0.1, 0.15) is 16.7 Å². The summed E-state index contributed by atoms with van der Waals surface area (Å²) >= 11 is 6.18. The Morgan fingerprint density at radius 1 is 0.857 bits per heavy atom. The molecule has 4 aromatic rings. The molecule has 4 aromatic carbocycles. The molecule has 0 saturated carbocycles. The Morgan fingerprint density at radius 3 is 2.50 bits per heavy atom. The third-order valence-electron chi connectivity index (χ3n) is 4.89. The van der Waals surface area contributed by atoms with Gasteiger partial charge in [-0.3, -0.25) is 0 Å². The largest absolute Gasteiger partial charge is 0.489 e. The Kier molecular flexibility index (Phi) is 5.50. The number of halogens is 1. The Morgan fingerprint density at radius 2 is 1.64 bits per heavy atom. The molecular formula is C25H22ClNO. The number of benzene rings is 4. The average molecular weight is 388 g/mol. The second-order valence-electron chi connectivity index (χ2n) is 6.85. The number of nitrogens with one attached hydrogen (secondary N) is 1. The number of ether oxygens (including phenoxy) is 1. The highest BCUT2D eigenvalue weighted by molar-refractivity contribution is 6.30. The summed E-state index contributed by atoms with van der Waals surface area (Å²) in [4.78, 5) is 0. The number of anilines is 1. The predicted molar refractivity (Wildman–Crippen MR) is 118 cm³/mol. The van der Waals surface area contributed by atoms with Gasteiger partial charge in [-0.2, -0.15) is 0 Å². The van der Waals surface area contributed by atoms with E-state index in [2.05, 4.69) is 60.8 Å². The van der Waals surface area contributed by atoms with Crippen LogP contribution in [0.15, 0.2) is 84.9 Å². The summed E-state index contributed by atoms with van der Waals surface area (Å²) < 4.78 is 6.21. The molecule has 0 spiro atoms. The third kappa shape index (κ3) is 4.13. The second-order valence-corrected chi connectivity index (χ2v) is 7.29. The topological polar surface area (TPSA) is 21.3 Å². The summed E-state index contributed by atoms with van der Waals surface area (Å²) in [5, 5.41) is 6.66. The zero-order valence-electron chi connectivity index (χ0n) is 15.8. The summed E-state index contributed by atoms with van der Waals surface area (Å²) in [5.74, 6) is 0.898. The van der Waals surface area contributed by atoms with Crippen molar-refractivity contribution in [2.75, 3.05) is 5.32 Å². The van der Waals surface area contributed by atoms with Gasteiger partial charge in [0, 0.05) is 22.8 Å². The number of hydrogen-bond acceptors (Lipinski definition) is 2. The smallest absolute Gasteiger partial charge is 0.125 e. The van der Waals surface area contributed by atoms with Crippen LogP contribution in [0.2, 0.25) is 5.02 Å². The van der Waals surface area contributed by atoms with Gasteiger partial charge in [0.2, 0.25) is 0 Å². The molecule has 0 bridgehead atoms. The Hall–Kier alpha value is -2.97. The van der Waals surface area contributed by atoms with Gasteiger partial charge in [0.1, 0.15) is 12.4 Å². The minimum absolute atomic E-state index is 0.544. The van der Waals surface area contributed by atoms with E-state index in [1.54, 1.807) is 0 Å². The lowest BCUT2D eigenvalue weighted by Crippen LogP contribution is -2.05. The summed E-state index contributed by atoms with van der Waals surface area (Å²) in [6.07, 6.45) is 0. The molecule has 0 atom stereocenters.